The van der Waals surface area contributed by atoms with Crippen LogP contribution in [0.15, 0.2) is 116 Å². The molecule has 8 nitrogen and oxygen atoms in total. The fourth-order valence-corrected chi connectivity index (χ4v) is 7.47. The number of halogens is 1. The zero-order valence-electron chi connectivity index (χ0n) is 26.0. The third kappa shape index (κ3) is 6.41. The van der Waals surface area contributed by atoms with Gasteiger partial charge in [-0.15, -0.1) is 11.3 Å². The Morgan fingerprint density at radius 1 is 0.875 bits per heavy atom. The molecule has 0 spiro atoms. The largest absolute Gasteiger partial charge is 0.368 e. The molecule has 0 N–H and O–H groups in total. The Bertz CT molecular complexity index is 2110. The molecule has 1 saturated heterocycles. The summed E-state index contributed by atoms with van der Waals surface area (Å²) in [6.45, 7) is 3.45. The van der Waals surface area contributed by atoms with Gasteiger partial charge < -0.3 is 19.3 Å². The summed E-state index contributed by atoms with van der Waals surface area (Å²) in [5.74, 6) is -0.133. The molecule has 6 aromatic rings. The lowest BCUT2D eigenvalue weighted by atomic mass is 10.1. The Kier molecular flexibility index (Phi) is 8.93. The van der Waals surface area contributed by atoms with Crippen LogP contribution in [0.25, 0.3) is 10.1 Å². The van der Waals surface area contributed by atoms with Crippen LogP contribution >= 0.6 is 22.9 Å². The summed E-state index contributed by atoms with van der Waals surface area (Å²) in [4.78, 5) is 38.2. The predicted molar refractivity (Wildman–Crippen MR) is 191 cm³/mol. The third-order valence-corrected chi connectivity index (χ3v) is 10.3. The van der Waals surface area contributed by atoms with Crippen molar-refractivity contribution in [3.05, 3.63) is 148 Å². The fourth-order valence-electron chi connectivity index (χ4n) is 5.99. The lowest BCUT2D eigenvalue weighted by Crippen LogP contribution is -2.48. The number of thiophene rings is 1. The minimum absolute atomic E-state index is 0.0234. The van der Waals surface area contributed by atoms with Gasteiger partial charge in [-0.25, -0.2) is 4.98 Å². The molecule has 0 saturated carbocycles. The van der Waals surface area contributed by atoms with Crippen LogP contribution < -0.4 is 9.80 Å². The number of hydrogen-bond acceptors (Lipinski definition) is 6. The van der Waals surface area contributed by atoms with Crippen molar-refractivity contribution >= 4 is 56.2 Å². The highest BCUT2D eigenvalue weighted by Gasteiger charge is 2.27. The topological polar surface area (TPSA) is 85.5 Å². The van der Waals surface area contributed by atoms with Crippen LogP contribution in [0.1, 0.15) is 36.9 Å². The number of aromatic nitrogens is 2. The molecular weight excluding hydrogens is 640 g/mol. The summed E-state index contributed by atoms with van der Waals surface area (Å²) in [6.07, 6.45) is 3.55. The molecule has 2 aromatic heterocycles. The molecule has 0 bridgehead atoms. The molecule has 48 heavy (non-hydrogen) atoms. The lowest BCUT2D eigenvalue weighted by molar-refractivity contribution is 0.0751. The van der Waals surface area contributed by atoms with Gasteiger partial charge in [0, 0.05) is 65.9 Å². The number of anilines is 2. The lowest BCUT2D eigenvalue weighted by Gasteiger charge is -2.36. The minimum Gasteiger partial charge on any atom is -0.368 e. The molecule has 3 heterocycles. The summed E-state index contributed by atoms with van der Waals surface area (Å²) in [5.41, 5.74) is 4.93. The highest BCUT2D eigenvalue weighted by molar-refractivity contribution is 7.21. The van der Waals surface area contributed by atoms with E-state index in [1.165, 1.54) is 11.3 Å². The second-order valence-corrected chi connectivity index (χ2v) is 13.0. The first-order valence-electron chi connectivity index (χ1n) is 15.6. The highest BCUT2D eigenvalue weighted by Crippen LogP contribution is 2.36. The summed E-state index contributed by atoms with van der Waals surface area (Å²) >= 11 is 8.05. The quantitative estimate of drug-likeness (QED) is 0.168. The van der Waals surface area contributed by atoms with Gasteiger partial charge in [0.1, 0.15) is 4.88 Å². The van der Waals surface area contributed by atoms with Crippen molar-refractivity contribution in [2.24, 2.45) is 0 Å². The molecule has 0 radical (unpaired) electrons. The van der Waals surface area contributed by atoms with Crippen molar-refractivity contribution in [2.75, 3.05) is 36.0 Å². The van der Waals surface area contributed by atoms with Crippen molar-refractivity contribution in [1.29, 1.82) is 5.26 Å². The predicted octanol–water partition coefficient (Wildman–Crippen LogP) is 7.48. The van der Waals surface area contributed by atoms with Crippen LogP contribution in [0.3, 0.4) is 0 Å². The second-order valence-electron chi connectivity index (χ2n) is 11.6. The molecule has 7 rings (SSSR count). The number of hydrogen-bond donors (Lipinski definition) is 0. The van der Waals surface area contributed by atoms with Gasteiger partial charge in [-0.3, -0.25) is 9.59 Å². The number of piperazine rings is 1. The van der Waals surface area contributed by atoms with E-state index in [4.69, 9.17) is 16.9 Å². The average Bonchev–Trinajstić information content (AvgIpc) is 3.73. The molecule has 2 amide bonds. The molecule has 238 valence electrons. The maximum absolute atomic E-state index is 13.9. The summed E-state index contributed by atoms with van der Waals surface area (Å²) in [6, 6.07) is 34.8. The van der Waals surface area contributed by atoms with Gasteiger partial charge in [-0.1, -0.05) is 60.1 Å². The van der Waals surface area contributed by atoms with Gasteiger partial charge >= 0.3 is 0 Å². The summed E-state index contributed by atoms with van der Waals surface area (Å²) < 4.78 is 3.04. The first-order valence-corrected chi connectivity index (χ1v) is 16.8. The maximum atomic E-state index is 13.9. The van der Waals surface area contributed by atoms with Crippen LogP contribution in [-0.2, 0) is 13.1 Å². The van der Waals surface area contributed by atoms with Gasteiger partial charge in [0.05, 0.1) is 35.2 Å². The Morgan fingerprint density at radius 2 is 1.58 bits per heavy atom. The van der Waals surface area contributed by atoms with Crippen LogP contribution in [0, 0.1) is 11.3 Å². The highest BCUT2D eigenvalue weighted by atomic mass is 35.5. The minimum atomic E-state index is -0.110. The number of carbonyl (C=O) groups excluding carboxylic acids is 2. The van der Waals surface area contributed by atoms with Crippen molar-refractivity contribution in [1.82, 2.24) is 14.5 Å². The number of benzene rings is 4. The first kappa shape index (κ1) is 31.2. The maximum Gasteiger partial charge on any atom is 0.265 e. The molecule has 1 aliphatic rings. The fraction of sp³-hybridized carbons (Fsp3) is 0.158. The van der Waals surface area contributed by atoms with Gasteiger partial charge in [0.15, 0.2) is 0 Å². The average molecular weight is 671 g/mol. The van der Waals surface area contributed by atoms with E-state index in [0.29, 0.717) is 60.3 Å². The summed E-state index contributed by atoms with van der Waals surface area (Å²) in [5, 5.41) is 10.6. The number of nitriles is 1. The number of carbonyl (C=O) groups is 2. The van der Waals surface area contributed by atoms with Crippen molar-refractivity contribution < 1.29 is 9.59 Å². The van der Waals surface area contributed by atoms with Crippen LogP contribution in [0.2, 0.25) is 5.02 Å². The van der Waals surface area contributed by atoms with E-state index in [2.05, 4.69) is 16.0 Å². The Balaban J connectivity index is 1.07. The zero-order chi connectivity index (χ0) is 33.0. The van der Waals surface area contributed by atoms with Crippen molar-refractivity contribution in [3.63, 3.8) is 0 Å². The van der Waals surface area contributed by atoms with E-state index in [-0.39, 0.29) is 11.8 Å². The molecule has 0 aliphatic carbocycles. The zero-order valence-corrected chi connectivity index (χ0v) is 27.6. The number of amides is 2. The first-order chi connectivity index (χ1) is 23.5. The van der Waals surface area contributed by atoms with E-state index < -0.39 is 0 Å². The molecule has 1 fully saturated rings. The van der Waals surface area contributed by atoms with Crippen molar-refractivity contribution in [3.8, 4) is 6.07 Å². The van der Waals surface area contributed by atoms with Gasteiger partial charge in [0.25, 0.3) is 11.8 Å². The molecule has 1 aliphatic heterocycles. The third-order valence-electron chi connectivity index (χ3n) is 8.64. The number of imidazole rings is 1. The Hall–Kier alpha value is -5.43. The molecule has 10 heteroatoms. The Labute approximate surface area is 287 Å². The molecule has 0 unspecified atom stereocenters. The van der Waals surface area contributed by atoms with Gasteiger partial charge in [0.2, 0.25) is 0 Å². The van der Waals surface area contributed by atoms with Gasteiger partial charge in [-0.2, -0.15) is 5.26 Å². The van der Waals surface area contributed by atoms with Gasteiger partial charge in [-0.05, 0) is 60.2 Å². The van der Waals surface area contributed by atoms with Crippen LogP contribution in [0.4, 0.5) is 11.4 Å². The molecular formula is C38H31ClN6O2S. The number of nitrogens with zero attached hydrogens (tertiary/aromatic N) is 6. The van der Waals surface area contributed by atoms with E-state index in [1.807, 2.05) is 100 Å². The Morgan fingerprint density at radius 3 is 2.29 bits per heavy atom. The van der Waals surface area contributed by atoms with Crippen LogP contribution in [0.5, 0.6) is 0 Å². The second kappa shape index (κ2) is 13.7. The monoisotopic (exact) mass is 670 g/mol. The molecule has 0 atom stereocenters. The SMILES string of the molecule is N#Cc1ccc(Cn2cncc2CN(C(=O)c2ccccc2)c2ccc(N3CCN(C(=O)c4sc5ccccc5c4Cl)CC3)cc2)cc1. The number of rotatable bonds is 8. The van der Waals surface area contributed by atoms with E-state index >= 15 is 0 Å². The van der Waals surface area contributed by atoms with E-state index in [0.717, 1.165) is 32.7 Å². The van der Waals surface area contributed by atoms with E-state index in [1.54, 1.807) is 29.6 Å². The van der Waals surface area contributed by atoms with Crippen molar-refractivity contribution in [2.45, 2.75) is 13.1 Å². The van der Waals surface area contributed by atoms with Crippen LogP contribution in [-0.4, -0.2) is 52.4 Å². The smallest absolute Gasteiger partial charge is 0.265 e. The number of fused-ring (bicyclic) bond motifs is 1. The normalized spacial score (nSPS) is 13.0. The summed E-state index contributed by atoms with van der Waals surface area (Å²) in [7, 11) is 0. The van der Waals surface area contributed by atoms with E-state index in [9.17, 15) is 9.59 Å². The molecule has 4 aromatic carbocycles. The standard InChI is InChI=1S/C38H31ClN6O2S/c39-35-33-8-4-5-9-34(33)48-36(35)38(47)43-20-18-42(19-21-43)30-14-16-31(17-15-30)45(37(46)29-6-2-1-3-7-29)25-32-23-41-26-44(32)24-28-12-10-27(22-40)11-13-28/h1-17,23,26H,18-21,24-25H2.